The minimum atomic E-state index is -0.782. The number of halogens is 1. The maximum Gasteiger partial charge on any atom is 0.314 e. The second-order valence-electron chi connectivity index (χ2n) is 5.58. The third-order valence-corrected chi connectivity index (χ3v) is 4.70. The quantitative estimate of drug-likeness (QED) is 0.938. The molecule has 1 aromatic carbocycles. The van der Waals surface area contributed by atoms with Gasteiger partial charge >= 0.3 is 5.97 Å². The van der Waals surface area contributed by atoms with E-state index in [0.29, 0.717) is 17.9 Å². The van der Waals surface area contributed by atoms with E-state index in [2.05, 4.69) is 4.98 Å². The smallest absolute Gasteiger partial charge is 0.314 e. The van der Waals surface area contributed by atoms with Crippen LogP contribution in [0.15, 0.2) is 36.9 Å². The molecule has 21 heavy (non-hydrogen) atoms. The van der Waals surface area contributed by atoms with Gasteiger partial charge in [-0.05, 0) is 30.5 Å². The first-order chi connectivity index (χ1) is 10.1. The Kier molecular flexibility index (Phi) is 3.72. The number of aliphatic carboxylic acids is 1. The van der Waals surface area contributed by atoms with Gasteiger partial charge in [0.25, 0.3) is 0 Å². The highest BCUT2D eigenvalue weighted by molar-refractivity contribution is 6.32. The van der Waals surface area contributed by atoms with Gasteiger partial charge in [-0.1, -0.05) is 36.9 Å². The molecule has 1 aromatic heterocycles. The van der Waals surface area contributed by atoms with Crippen molar-refractivity contribution < 1.29 is 9.90 Å². The minimum absolute atomic E-state index is 0.552. The summed E-state index contributed by atoms with van der Waals surface area (Å²) < 4.78 is 1.82. The molecule has 0 unspecified atom stereocenters. The standard InChI is InChI=1S/C16H17ClN2O2/c17-13-10-12(4-5-14(13)19-9-8-18-11-19)16(15(20)21)6-2-1-3-7-16/h4-5,8-11H,1-3,6-7H2,(H,20,21). The van der Waals surface area contributed by atoms with Gasteiger partial charge in [-0.25, -0.2) is 4.98 Å². The predicted octanol–water partition coefficient (Wildman–Crippen LogP) is 3.81. The molecule has 1 saturated carbocycles. The maximum atomic E-state index is 11.8. The molecule has 0 amide bonds. The zero-order valence-corrected chi connectivity index (χ0v) is 12.4. The van der Waals surface area contributed by atoms with Gasteiger partial charge in [0.2, 0.25) is 0 Å². The summed E-state index contributed by atoms with van der Waals surface area (Å²) in [5.74, 6) is -0.742. The summed E-state index contributed by atoms with van der Waals surface area (Å²) in [6, 6.07) is 5.57. The van der Waals surface area contributed by atoms with Crippen LogP contribution < -0.4 is 0 Å². The van der Waals surface area contributed by atoms with Gasteiger partial charge in [0.15, 0.2) is 0 Å². The number of carboxylic acid groups (broad SMARTS) is 1. The zero-order chi connectivity index (χ0) is 14.9. The van der Waals surface area contributed by atoms with Gasteiger partial charge < -0.3 is 9.67 Å². The van der Waals surface area contributed by atoms with Crippen molar-refractivity contribution in [2.75, 3.05) is 0 Å². The summed E-state index contributed by atoms with van der Waals surface area (Å²) in [6.45, 7) is 0. The molecule has 1 N–H and O–H groups in total. The lowest BCUT2D eigenvalue weighted by molar-refractivity contribution is -0.145. The number of carboxylic acids is 1. The summed E-state index contributed by atoms with van der Waals surface area (Å²) in [6.07, 6.45) is 9.55. The Bertz CT molecular complexity index is 646. The summed E-state index contributed by atoms with van der Waals surface area (Å²) in [7, 11) is 0. The van der Waals surface area contributed by atoms with Crippen LogP contribution in [0.2, 0.25) is 5.02 Å². The Balaban J connectivity index is 2.02. The van der Waals surface area contributed by atoms with E-state index >= 15 is 0 Å². The van der Waals surface area contributed by atoms with Crippen LogP contribution in [0, 0.1) is 0 Å². The van der Waals surface area contributed by atoms with Crippen molar-refractivity contribution in [1.29, 1.82) is 0 Å². The molecule has 1 fully saturated rings. The maximum absolute atomic E-state index is 11.8. The molecule has 1 aliphatic carbocycles. The molecular weight excluding hydrogens is 288 g/mol. The highest BCUT2D eigenvalue weighted by Gasteiger charge is 2.41. The molecule has 1 aliphatic rings. The largest absolute Gasteiger partial charge is 0.481 e. The minimum Gasteiger partial charge on any atom is -0.481 e. The van der Waals surface area contributed by atoms with E-state index in [0.717, 1.165) is 30.5 Å². The Morgan fingerprint density at radius 1 is 1.29 bits per heavy atom. The lowest BCUT2D eigenvalue weighted by atomic mass is 9.69. The summed E-state index contributed by atoms with van der Waals surface area (Å²) in [4.78, 5) is 15.8. The van der Waals surface area contributed by atoms with Gasteiger partial charge in [0, 0.05) is 12.4 Å². The highest BCUT2D eigenvalue weighted by atomic mass is 35.5. The van der Waals surface area contributed by atoms with Crippen LogP contribution in [0.25, 0.3) is 5.69 Å². The normalized spacial score (nSPS) is 17.6. The molecule has 4 nitrogen and oxygen atoms in total. The molecule has 0 spiro atoms. The molecular formula is C16H17ClN2O2. The average molecular weight is 305 g/mol. The van der Waals surface area contributed by atoms with Crippen molar-refractivity contribution in [2.45, 2.75) is 37.5 Å². The number of hydrogen-bond donors (Lipinski definition) is 1. The molecule has 5 heteroatoms. The first-order valence-corrected chi connectivity index (χ1v) is 7.53. The first kappa shape index (κ1) is 14.1. The molecule has 0 aliphatic heterocycles. The fraction of sp³-hybridized carbons (Fsp3) is 0.375. The Morgan fingerprint density at radius 2 is 2.05 bits per heavy atom. The molecule has 2 aromatic rings. The fourth-order valence-corrected chi connectivity index (χ4v) is 3.48. The van der Waals surface area contributed by atoms with Gasteiger partial charge in [0.1, 0.15) is 0 Å². The van der Waals surface area contributed by atoms with Gasteiger partial charge in [-0.15, -0.1) is 0 Å². The third kappa shape index (κ3) is 2.44. The van der Waals surface area contributed by atoms with Crippen molar-refractivity contribution in [1.82, 2.24) is 9.55 Å². The monoisotopic (exact) mass is 304 g/mol. The molecule has 3 rings (SSSR count). The summed E-state index contributed by atoms with van der Waals surface area (Å²) in [5, 5.41) is 10.3. The number of hydrogen-bond acceptors (Lipinski definition) is 2. The Morgan fingerprint density at radius 3 is 2.62 bits per heavy atom. The predicted molar refractivity (Wildman–Crippen MR) is 81.0 cm³/mol. The number of rotatable bonds is 3. The molecule has 0 saturated heterocycles. The molecule has 110 valence electrons. The first-order valence-electron chi connectivity index (χ1n) is 7.15. The van der Waals surface area contributed by atoms with Gasteiger partial charge in [0.05, 0.1) is 22.5 Å². The molecule has 0 atom stereocenters. The van der Waals surface area contributed by atoms with E-state index < -0.39 is 11.4 Å². The SMILES string of the molecule is O=C(O)C1(c2ccc(-n3ccnc3)c(Cl)c2)CCCCC1. The summed E-state index contributed by atoms with van der Waals surface area (Å²) >= 11 is 6.37. The van der Waals surface area contributed by atoms with E-state index in [-0.39, 0.29) is 0 Å². The van der Waals surface area contributed by atoms with Crippen LogP contribution in [0.4, 0.5) is 0 Å². The third-order valence-electron chi connectivity index (χ3n) is 4.40. The lowest BCUT2D eigenvalue weighted by Crippen LogP contribution is -2.37. The topological polar surface area (TPSA) is 55.1 Å². The second kappa shape index (κ2) is 5.53. The van der Waals surface area contributed by atoms with Crippen molar-refractivity contribution in [3.05, 3.63) is 47.5 Å². The van der Waals surface area contributed by atoms with Gasteiger partial charge in [-0.2, -0.15) is 0 Å². The van der Waals surface area contributed by atoms with Crippen molar-refractivity contribution in [3.8, 4) is 5.69 Å². The van der Waals surface area contributed by atoms with E-state index in [9.17, 15) is 9.90 Å². The van der Waals surface area contributed by atoms with Crippen molar-refractivity contribution in [2.24, 2.45) is 0 Å². The number of benzene rings is 1. The van der Waals surface area contributed by atoms with Crippen LogP contribution >= 0.6 is 11.6 Å². The summed E-state index contributed by atoms with van der Waals surface area (Å²) in [5.41, 5.74) is 0.841. The van der Waals surface area contributed by atoms with Gasteiger partial charge in [-0.3, -0.25) is 4.79 Å². The van der Waals surface area contributed by atoms with E-state index in [4.69, 9.17) is 11.6 Å². The van der Waals surface area contributed by atoms with E-state index in [1.54, 1.807) is 18.6 Å². The molecule has 0 bridgehead atoms. The molecule has 0 radical (unpaired) electrons. The van der Waals surface area contributed by atoms with Crippen molar-refractivity contribution in [3.63, 3.8) is 0 Å². The van der Waals surface area contributed by atoms with E-state index in [1.165, 1.54) is 0 Å². The Labute approximate surface area is 128 Å². The highest BCUT2D eigenvalue weighted by Crippen LogP contribution is 2.41. The number of carbonyl (C=O) groups is 1. The van der Waals surface area contributed by atoms with Crippen LogP contribution in [-0.4, -0.2) is 20.6 Å². The van der Waals surface area contributed by atoms with Crippen LogP contribution in [0.3, 0.4) is 0 Å². The zero-order valence-electron chi connectivity index (χ0n) is 11.6. The van der Waals surface area contributed by atoms with Crippen LogP contribution in [-0.2, 0) is 10.2 Å². The van der Waals surface area contributed by atoms with Crippen molar-refractivity contribution >= 4 is 17.6 Å². The lowest BCUT2D eigenvalue weighted by Gasteiger charge is -2.34. The van der Waals surface area contributed by atoms with Crippen LogP contribution in [0.5, 0.6) is 0 Å². The molecule has 1 heterocycles. The Hall–Kier alpha value is -1.81. The number of aromatic nitrogens is 2. The van der Waals surface area contributed by atoms with E-state index in [1.807, 2.05) is 22.9 Å². The fourth-order valence-electron chi connectivity index (χ4n) is 3.20. The average Bonchev–Trinajstić information content (AvgIpc) is 3.01. The second-order valence-corrected chi connectivity index (χ2v) is 5.99. The number of imidazole rings is 1. The van der Waals surface area contributed by atoms with Crippen LogP contribution in [0.1, 0.15) is 37.7 Å². The number of nitrogens with zero attached hydrogens (tertiary/aromatic N) is 2.